The standard InChI is InChI=1S/C16H16OS/c1-12-5-3-6-14(9-12)11-18-16-8-4-7-15(10-16)13(2)17/h3-10H,11H2,1-2H3. The molecule has 0 atom stereocenters. The highest BCUT2D eigenvalue weighted by molar-refractivity contribution is 7.98. The first kappa shape index (κ1) is 12.9. The van der Waals surface area contributed by atoms with Crippen molar-refractivity contribution in [3.63, 3.8) is 0 Å². The quantitative estimate of drug-likeness (QED) is 0.592. The summed E-state index contributed by atoms with van der Waals surface area (Å²) in [6, 6.07) is 16.3. The lowest BCUT2D eigenvalue weighted by molar-refractivity contribution is 0.101. The number of rotatable bonds is 4. The van der Waals surface area contributed by atoms with Gasteiger partial charge in [0.2, 0.25) is 0 Å². The molecule has 0 radical (unpaired) electrons. The number of Topliss-reactive ketones (excluding diaryl/α,β-unsaturated/α-hetero) is 1. The van der Waals surface area contributed by atoms with Gasteiger partial charge in [0.15, 0.2) is 5.78 Å². The van der Waals surface area contributed by atoms with Crippen molar-refractivity contribution >= 4 is 17.5 Å². The molecule has 0 unspecified atom stereocenters. The van der Waals surface area contributed by atoms with E-state index < -0.39 is 0 Å². The summed E-state index contributed by atoms with van der Waals surface area (Å²) in [7, 11) is 0. The molecule has 0 saturated heterocycles. The van der Waals surface area contributed by atoms with Gasteiger partial charge in [-0.3, -0.25) is 4.79 Å². The number of hydrogen-bond acceptors (Lipinski definition) is 2. The summed E-state index contributed by atoms with van der Waals surface area (Å²) in [5.41, 5.74) is 3.38. The van der Waals surface area contributed by atoms with Crippen molar-refractivity contribution in [2.24, 2.45) is 0 Å². The van der Waals surface area contributed by atoms with Gasteiger partial charge >= 0.3 is 0 Å². The van der Waals surface area contributed by atoms with E-state index in [1.165, 1.54) is 11.1 Å². The topological polar surface area (TPSA) is 17.1 Å². The third-order valence-electron chi connectivity index (χ3n) is 2.73. The van der Waals surface area contributed by atoms with Gasteiger partial charge in [-0.05, 0) is 31.5 Å². The highest BCUT2D eigenvalue weighted by atomic mass is 32.2. The van der Waals surface area contributed by atoms with Gasteiger partial charge in [0.25, 0.3) is 0 Å². The van der Waals surface area contributed by atoms with Crippen molar-refractivity contribution in [2.45, 2.75) is 24.5 Å². The van der Waals surface area contributed by atoms with Crippen molar-refractivity contribution in [1.29, 1.82) is 0 Å². The fourth-order valence-corrected chi connectivity index (χ4v) is 2.67. The van der Waals surface area contributed by atoms with Gasteiger partial charge < -0.3 is 0 Å². The van der Waals surface area contributed by atoms with Crippen molar-refractivity contribution in [3.8, 4) is 0 Å². The van der Waals surface area contributed by atoms with Crippen LogP contribution in [0.25, 0.3) is 0 Å². The van der Waals surface area contributed by atoms with Crippen LogP contribution in [0.2, 0.25) is 0 Å². The second-order valence-electron chi connectivity index (χ2n) is 4.36. The molecule has 2 heteroatoms. The van der Waals surface area contributed by atoms with Gasteiger partial charge in [-0.1, -0.05) is 42.0 Å². The molecule has 92 valence electrons. The lowest BCUT2D eigenvalue weighted by Crippen LogP contribution is -1.91. The molecule has 1 nitrogen and oxygen atoms in total. The number of carbonyl (C=O) groups excluding carboxylic acids is 1. The average molecular weight is 256 g/mol. The van der Waals surface area contributed by atoms with Gasteiger partial charge in [-0.15, -0.1) is 11.8 Å². The maximum Gasteiger partial charge on any atom is 0.159 e. The molecular weight excluding hydrogens is 240 g/mol. The minimum absolute atomic E-state index is 0.119. The van der Waals surface area contributed by atoms with Gasteiger partial charge in [-0.25, -0.2) is 0 Å². The van der Waals surface area contributed by atoms with Crippen molar-refractivity contribution in [2.75, 3.05) is 0 Å². The molecular formula is C16H16OS. The zero-order valence-electron chi connectivity index (χ0n) is 10.6. The summed E-state index contributed by atoms with van der Waals surface area (Å²) < 4.78 is 0. The van der Waals surface area contributed by atoms with Gasteiger partial charge in [0.05, 0.1) is 0 Å². The van der Waals surface area contributed by atoms with Crippen LogP contribution < -0.4 is 0 Å². The summed E-state index contributed by atoms with van der Waals surface area (Å²) in [6.45, 7) is 3.70. The van der Waals surface area contributed by atoms with E-state index in [0.717, 1.165) is 16.2 Å². The maximum atomic E-state index is 11.3. The van der Waals surface area contributed by atoms with Crippen LogP contribution >= 0.6 is 11.8 Å². The molecule has 0 heterocycles. The monoisotopic (exact) mass is 256 g/mol. The largest absolute Gasteiger partial charge is 0.295 e. The van der Waals surface area contributed by atoms with Crippen LogP contribution in [0, 0.1) is 6.92 Å². The van der Waals surface area contributed by atoms with Gasteiger partial charge in [0, 0.05) is 16.2 Å². The molecule has 0 amide bonds. The van der Waals surface area contributed by atoms with Crippen LogP contribution in [-0.4, -0.2) is 5.78 Å². The molecule has 2 aromatic rings. The van der Waals surface area contributed by atoms with E-state index >= 15 is 0 Å². The summed E-state index contributed by atoms with van der Waals surface area (Å²) in [5.74, 6) is 1.05. The van der Waals surface area contributed by atoms with E-state index in [9.17, 15) is 4.79 Å². The molecule has 2 rings (SSSR count). The third kappa shape index (κ3) is 3.47. The molecule has 18 heavy (non-hydrogen) atoms. The van der Waals surface area contributed by atoms with Crippen molar-refractivity contribution < 1.29 is 4.79 Å². The molecule has 0 fully saturated rings. The number of benzene rings is 2. The molecule has 0 bridgehead atoms. The van der Waals surface area contributed by atoms with E-state index in [2.05, 4.69) is 31.2 Å². The maximum absolute atomic E-state index is 11.3. The Kier molecular flexibility index (Phi) is 4.21. The van der Waals surface area contributed by atoms with E-state index in [1.54, 1.807) is 18.7 Å². The second kappa shape index (κ2) is 5.87. The molecule has 0 N–H and O–H groups in total. The zero-order valence-corrected chi connectivity index (χ0v) is 11.5. The number of hydrogen-bond donors (Lipinski definition) is 0. The van der Waals surface area contributed by atoms with E-state index in [4.69, 9.17) is 0 Å². The Labute approximate surface area is 112 Å². The van der Waals surface area contributed by atoms with Crippen LogP contribution in [-0.2, 0) is 5.75 Å². The first-order valence-electron chi connectivity index (χ1n) is 5.94. The SMILES string of the molecule is CC(=O)c1cccc(SCc2cccc(C)c2)c1. The van der Waals surface area contributed by atoms with Crippen LogP contribution in [0.5, 0.6) is 0 Å². The van der Waals surface area contributed by atoms with Crippen molar-refractivity contribution in [3.05, 3.63) is 65.2 Å². The average Bonchev–Trinajstić information content (AvgIpc) is 2.37. The first-order valence-corrected chi connectivity index (χ1v) is 6.93. The number of aryl methyl sites for hydroxylation is 1. The summed E-state index contributed by atoms with van der Waals surface area (Å²) >= 11 is 1.76. The first-order chi connectivity index (χ1) is 8.65. The Balaban J connectivity index is 2.06. The van der Waals surface area contributed by atoms with Crippen LogP contribution in [0.3, 0.4) is 0 Å². The fourth-order valence-electron chi connectivity index (χ4n) is 1.77. The minimum atomic E-state index is 0.119. The van der Waals surface area contributed by atoms with Gasteiger partial charge in [-0.2, -0.15) is 0 Å². The summed E-state index contributed by atoms with van der Waals surface area (Å²) in [5, 5.41) is 0. The molecule has 0 spiro atoms. The fraction of sp³-hybridized carbons (Fsp3) is 0.188. The summed E-state index contributed by atoms with van der Waals surface area (Å²) in [6.07, 6.45) is 0. The smallest absolute Gasteiger partial charge is 0.159 e. The third-order valence-corrected chi connectivity index (χ3v) is 3.79. The van der Waals surface area contributed by atoms with Crippen LogP contribution in [0.1, 0.15) is 28.4 Å². The Morgan fingerprint density at radius 1 is 1.11 bits per heavy atom. The molecule has 2 aromatic carbocycles. The molecule has 0 aliphatic rings. The molecule has 0 aromatic heterocycles. The highest BCUT2D eigenvalue weighted by Crippen LogP contribution is 2.24. The van der Waals surface area contributed by atoms with E-state index in [-0.39, 0.29) is 5.78 Å². The lowest BCUT2D eigenvalue weighted by Gasteiger charge is -2.04. The van der Waals surface area contributed by atoms with Gasteiger partial charge in [0.1, 0.15) is 0 Å². The molecule has 0 saturated carbocycles. The van der Waals surface area contributed by atoms with E-state index in [0.29, 0.717) is 0 Å². The number of carbonyl (C=O) groups is 1. The van der Waals surface area contributed by atoms with E-state index in [1.807, 2.05) is 24.3 Å². The van der Waals surface area contributed by atoms with Crippen molar-refractivity contribution in [1.82, 2.24) is 0 Å². The predicted octanol–water partition coefficient (Wildman–Crippen LogP) is 4.49. The molecule has 0 aliphatic carbocycles. The Bertz CT molecular complexity index is 561. The minimum Gasteiger partial charge on any atom is -0.295 e. The Morgan fingerprint density at radius 2 is 1.89 bits per heavy atom. The Hall–Kier alpha value is -1.54. The zero-order chi connectivity index (χ0) is 13.0. The van der Waals surface area contributed by atoms with Crippen LogP contribution in [0.4, 0.5) is 0 Å². The number of ketones is 1. The number of thioether (sulfide) groups is 1. The van der Waals surface area contributed by atoms with Crippen LogP contribution in [0.15, 0.2) is 53.4 Å². The Morgan fingerprint density at radius 3 is 2.61 bits per heavy atom. The normalized spacial score (nSPS) is 10.3. The summed E-state index contributed by atoms with van der Waals surface area (Å²) in [4.78, 5) is 12.5. The lowest BCUT2D eigenvalue weighted by atomic mass is 10.2. The molecule has 0 aliphatic heterocycles. The highest BCUT2D eigenvalue weighted by Gasteiger charge is 2.01. The second-order valence-corrected chi connectivity index (χ2v) is 5.41. The predicted molar refractivity (Wildman–Crippen MR) is 77.2 cm³/mol.